The molecule has 2 aromatic carbocycles. The van der Waals surface area contributed by atoms with Gasteiger partial charge in [0.1, 0.15) is 17.4 Å². The summed E-state index contributed by atoms with van der Waals surface area (Å²) in [5.41, 5.74) is 0.682. The van der Waals surface area contributed by atoms with Gasteiger partial charge in [-0.1, -0.05) is 22.0 Å². The molecule has 2 aromatic rings. The Bertz CT molecular complexity index is 659. The Morgan fingerprint density at radius 3 is 2.70 bits per heavy atom. The molecule has 0 heterocycles. The van der Waals surface area contributed by atoms with E-state index in [9.17, 15) is 13.6 Å². The van der Waals surface area contributed by atoms with E-state index in [-0.39, 0.29) is 30.5 Å². The molecule has 23 heavy (non-hydrogen) atoms. The van der Waals surface area contributed by atoms with Gasteiger partial charge in [0, 0.05) is 23.5 Å². The van der Waals surface area contributed by atoms with E-state index in [1.807, 2.05) is 0 Å². The van der Waals surface area contributed by atoms with E-state index in [1.54, 1.807) is 18.2 Å². The van der Waals surface area contributed by atoms with Crippen molar-refractivity contribution in [2.24, 2.45) is 0 Å². The number of benzene rings is 2. The summed E-state index contributed by atoms with van der Waals surface area (Å²) in [5.74, 6) is -0.420. The van der Waals surface area contributed by atoms with E-state index >= 15 is 0 Å². The van der Waals surface area contributed by atoms with Crippen LogP contribution in [0.15, 0.2) is 46.9 Å². The van der Waals surface area contributed by atoms with Crippen molar-refractivity contribution in [1.82, 2.24) is 5.32 Å². The summed E-state index contributed by atoms with van der Waals surface area (Å²) in [5, 5.41) is 2.72. The van der Waals surface area contributed by atoms with Gasteiger partial charge in [0.2, 0.25) is 5.91 Å². The zero-order chi connectivity index (χ0) is 16.7. The van der Waals surface area contributed by atoms with Gasteiger partial charge in [-0.2, -0.15) is 0 Å². The smallest absolute Gasteiger partial charge is 0.220 e. The molecule has 0 bridgehead atoms. The Hall–Kier alpha value is -1.95. The fourth-order valence-electron chi connectivity index (χ4n) is 1.98. The average Bonchev–Trinajstić information content (AvgIpc) is 2.49. The normalized spacial score (nSPS) is 10.4. The molecule has 0 atom stereocenters. The van der Waals surface area contributed by atoms with E-state index in [0.717, 1.165) is 0 Å². The molecule has 3 nitrogen and oxygen atoms in total. The second-order valence-electron chi connectivity index (χ2n) is 4.96. The number of carbonyl (C=O) groups excluding carboxylic acids is 1. The molecule has 6 heteroatoms. The molecule has 0 spiro atoms. The molecule has 1 N–H and O–H groups in total. The third kappa shape index (κ3) is 6.36. The molecule has 0 aliphatic heterocycles. The first-order valence-corrected chi connectivity index (χ1v) is 7.92. The quantitative estimate of drug-likeness (QED) is 0.727. The maximum absolute atomic E-state index is 13.2. The number of rotatable bonds is 7. The van der Waals surface area contributed by atoms with Gasteiger partial charge in [0.15, 0.2) is 0 Å². The molecule has 0 fully saturated rings. The lowest BCUT2D eigenvalue weighted by atomic mass is 10.2. The Kier molecular flexibility index (Phi) is 6.52. The Labute approximate surface area is 141 Å². The Morgan fingerprint density at radius 2 is 1.96 bits per heavy atom. The highest BCUT2D eigenvalue weighted by Gasteiger charge is 2.04. The minimum Gasteiger partial charge on any atom is -0.493 e. The summed E-state index contributed by atoms with van der Waals surface area (Å²) in [6.07, 6.45) is 0.793. The molecule has 0 saturated carbocycles. The Morgan fingerprint density at radius 1 is 1.13 bits per heavy atom. The lowest BCUT2D eigenvalue weighted by Gasteiger charge is -2.08. The molecular formula is C17H16BrF2NO2. The largest absolute Gasteiger partial charge is 0.493 e. The van der Waals surface area contributed by atoms with Gasteiger partial charge in [-0.15, -0.1) is 0 Å². The van der Waals surface area contributed by atoms with Crippen molar-refractivity contribution >= 4 is 21.8 Å². The number of halogens is 3. The number of hydrogen-bond donors (Lipinski definition) is 1. The fourth-order valence-corrected chi connectivity index (χ4v) is 2.49. The van der Waals surface area contributed by atoms with Crippen molar-refractivity contribution in [1.29, 1.82) is 0 Å². The summed E-state index contributed by atoms with van der Waals surface area (Å²) in [6.45, 7) is 0.586. The fraction of sp³-hybridized carbons (Fsp3) is 0.235. The first-order valence-electron chi connectivity index (χ1n) is 7.13. The van der Waals surface area contributed by atoms with Gasteiger partial charge >= 0.3 is 0 Å². The SMILES string of the molecule is O=C(CCCOc1cccc(F)c1)NCc1cc(F)cc(Br)c1. The minimum atomic E-state index is -0.360. The predicted molar refractivity (Wildman–Crippen MR) is 87.1 cm³/mol. The number of nitrogens with one attached hydrogen (secondary N) is 1. The van der Waals surface area contributed by atoms with Crippen LogP contribution >= 0.6 is 15.9 Å². The van der Waals surface area contributed by atoms with Crippen LogP contribution in [0.2, 0.25) is 0 Å². The number of ether oxygens (including phenoxy) is 1. The maximum atomic E-state index is 13.2. The van der Waals surface area contributed by atoms with E-state index in [2.05, 4.69) is 21.2 Å². The monoisotopic (exact) mass is 383 g/mol. The van der Waals surface area contributed by atoms with Crippen molar-refractivity contribution < 1.29 is 18.3 Å². The van der Waals surface area contributed by atoms with Crippen molar-refractivity contribution in [3.63, 3.8) is 0 Å². The van der Waals surface area contributed by atoms with E-state index in [0.29, 0.717) is 28.8 Å². The van der Waals surface area contributed by atoms with Gasteiger partial charge < -0.3 is 10.1 Å². The van der Waals surface area contributed by atoms with E-state index in [1.165, 1.54) is 24.3 Å². The third-order valence-electron chi connectivity index (χ3n) is 3.03. The number of carbonyl (C=O) groups is 1. The van der Waals surface area contributed by atoms with Crippen LogP contribution in [0.3, 0.4) is 0 Å². The molecule has 2 rings (SSSR count). The molecule has 0 unspecified atom stereocenters. The van der Waals surface area contributed by atoms with Crippen LogP contribution in [0, 0.1) is 11.6 Å². The second-order valence-corrected chi connectivity index (χ2v) is 5.88. The first-order chi connectivity index (χ1) is 11.0. The van der Waals surface area contributed by atoms with Crippen LogP contribution < -0.4 is 10.1 Å². The third-order valence-corrected chi connectivity index (χ3v) is 3.48. The summed E-state index contributed by atoms with van der Waals surface area (Å²) < 4.78 is 32.1. The van der Waals surface area contributed by atoms with Gasteiger partial charge in [0.05, 0.1) is 6.61 Å². The van der Waals surface area contributed by atoms with Gasteiger partial charge in [0.25, 0.3) is 0 Å². The van der Waals surface area contributed by atoms with E-state index in [4.69, 9.17) is 4.74 Å². The zero-order valence-electron chi connectivity index (χ0n) is 12.3. The predicted octanol–water partition coefficient (Wildman–Crippen LogP) is 4.20. The number of amides is 1. The highest BCUT2D eigenvalue weighted by atomic mass is 79.9. The van der Waals surface area contributed by atoms with Gasteiger partial charge in [-0.3, -0.25) is 4.79 Å². The Balaban J connectivity index is 1.67. The van der Waals surface area contributed by atoms with Crippen molar-refractivity contribution in [3.05, 3.63) is 64.1 Å². The zero-order valence-corrected chi connectivity index (χ0v) is 13.9. The molecule has 1 amide bonds. The van der Waals surface area contributed by atoms with Crippen LogP contribution in [-0.2, 0) is 11.3 Å². The molecule has 0 aliphatic carbocycles. The molecule has 0 radical (unpaired) electrons. The van der Waals surface area contributed by atoms with Crippen molar-refractivity contribution in [2.45, 2.75) is 19.4 Å². The standard InChI is InChI=1S/C17H16BrF2NO2/c18-13-7-12(8-15(20)9-13)11-21-17(22)5-2-6-23-16-4-1-3-14(19)10-16/h1,3-4,7-10H,2,5-6,11H2,(H,21,22). The summed E-state index contributed by atoms with van der Waals surface area (Å²) in [6, 6.07) is 10.3. The topological polar surface area (TPSA) is 38.3 Å². The first kappa shape index (κ1) is 17.4. The summed E-state index contributed by atoms with van der Waals surface area (Å²) >= 11 is 3.20. The lowest BCUT2D eigenvalue weighted by Crippen LogP contribution is -2.23. The van der Waals surface area contributed by atoms with Crippen molar-refractivity contribution in [3.8, 4) is 5.75 Å². The average molecular weight is 384 g/mol. The number of hydrogen-bond acceptors (Lipinski definition) is 2. The highest BCUT2D eigenvalue weighted by molar-refractivity contribution is 9.10. The summed E-state index contributed by atoms with van der Waals surface area (Å²) in [7, 11) is 0. The van der Waals surface area contributed by atoms with Crippen LogP contribution in [0.25, 0.3) is 0 Å². The molecule has 122 valence electrons. The van der Waals surface area contributed by atoms with Crippen molar-refractivity contribution in [2.75, 3.05) is 6.61 Å². The van der Waals surface area contributed by atoms with Crippen LogP contribution in [0.1, 0.15) is 18.4 Å². The maximum Gasteiger partial charge on any atom is 0.220 e. The molecule has 0 aromatic heterocycles. The molecule has 0 aliphatic rings. The van der Waals surface area contributed by atoms with Crippen LogP contribution in [0.5, 0.6) is 5.75 Å². The minimum absolute atomic E-state index is 0.145. The second kappa shape index (κ2) is 8.62. The molecule has 0 saturated heterocycles. The van der Waals surface area contributed by atoms with Gasteiger partial charge in [-0.05, 0) is 42.3 Å². The van der Waals surface area contributed by atoms with Crippen LogP contribution in [0.4, 0.5) is 8.78 Å². The summed E-state index contributed by atoms with van der Waals surface area (Å²) in [4.78, 5) is 11.7. The highest BCUT2D eigenvalue weighted by Crippen LogP contribution is 2.15. The van der Waals surface area contributed by atoms with Gasteiger partial charge in [-0.25, -0.2) is 8.78 Å². The molecular weight excluding hydrogens is 368 g/mol. The van der Waals surface area contributed by atoms with E-state index < -0.39 is 0 Å². The lowest BCUT2D eigenvalue weighted by molar-refractivity contribution is -0.121. The van der Waals surface area contributed by atoms with Crippen LogP contribution in [-0.4, -0.2) is 12.5 Å².